The van der Waals surface area contributed by atoms with E-state index in [4.69, 9.17) is 0 Å². The van der Waals surface area contributed by atoms with Crippen molar-refractivity contribution >= 4 is 11.8 Å². The topological polar surface area (TPSA) is 58.0 Å². The minimum atomic E-state index is -0.240. The molecule has 0 aliphatic heterocycles. The summed E-state index contributed by atoms with van der Waals surface area (Å²) < 4.78 is 0. The highest BCUT2D eigenvalue weighted by molar-refractivity contribution is 7.99. The SMILES string of the molecule is Cc1nc(SCCC(C)(CO)NC(C)C)nc(C)c1C. The molecule has 1 aromatic rings. The number of thioether (sulfide) groups is 1. The number of aliphatic hydroxyl groups is 1. The number of aromatic nitrogens is 2. The summed E-state index contributed by atoms with van der Waals surface area (Å²) in [5.74, 6) is 0.888. The fourth-order valence-corrected chi connectivity index (χ4v) is 3.21. The highest BCUT2D eigenvalue weighted by Crippen LogP contribution is 2.21. The van der Waals surface area contributed by atoms with E-state index in [1.807, 2.05) is 13.8 Å². The fraction of sp³-hybridized carbons (Fsp3) is 0.733. The van der Waals surface area contributed by atoms with Crippen molar-refractivity contribution in [1.82, 2.24) is 15.3 Å². The number of hydrogen-bond donors (Lipinski definition) is 2. The van der Waals surface area contributed by atoms with Gasteiger partial charge in [0.1, 0.15) is 0 Å². The van der Waals surface area contributed by atoms with Crippen molar-refractivity contribution in [2.45, 2.75) is 64.7 Å². The van der Waals surface area contributed by atoms with E-state index < -0.39 is 0 Å². The predicted molar refractivity (Wildman–Crippen MR) is 85.3 cm³/mol. The van der Waals surface area contributed by atoms with Crippen molar-refractivity contribution < 1.29 is 5.11 Å². The molecule has 0 spiro atoms. The Bertz CT molecular complexity index is 428. The van der Waals surface area contributed by atoms with Gasteiger partial charge >= 0.3 is 0 Å². The first kappa shape index (κ1) is 17.4. The van der Waals surface area contributed by atoms with Crippen LogP contribution in [0.5, 0.6) is 0 Å². The van der Waals surface area contributed by atoms with Crippen LogP contribution in [0.25, 0.3) is 0 Å². The quantitative estimate of drug-likeness (QED) is 0.598. The largest absolute Gasteiger partial charge is 0.394 e. The molecule has 0 amide bonds. The van der Waals surface area contributed by atoms with Crippen molar-refractivity contribution in [2.75, 3.05) is 12.4 Å². The molecule has 1 heterocycles. The van der Waals surface area contributed by atoms with Crippen LogP contribution in [0.15, 0.2) is 5.16 Å². The van der Waals surface area contributed by atoms with E-state index in [0.717, 1.165) is 34.3 Å². The normalized spacial score (nSPS) is 14.6. The summed E-state index contributed by atoms with van der Waals surface area (Å²) in [5.41, 5.74) is 3.02. The molecular formula is C15H27N3OS. The molecule has 2 N–H and O–H groups in total. The van der Waals surface area contributed by atoms with E-state index >= 15 is 0 Å². The lowest BCUT2D eigenvalue weighted by Crippen LogP contribution is -2.49. The Morgan fingerprint density at radius 2 is 1.75 bits per heavy atom. The van der Waals surface area contributed by atoms with Gasteiger partial charge < -0.3 is 10.4 Å². The molecule has 114 valence electrons. The van der Waals surface area contributed by atoms with Gasteiger partial charge in [-0.1, -0.05) is 25.6 Å². The van der Waals surface area contributed by atoms with Gasteiger partial charge in [0.15, 0.2) is 5.16 Å². The number of nitrogens with zero attached hydrogens (tertiary/aromatic N) is 2. The second kappa shape index (κ2) is 7.38. The lowest BCUT2D eigenvalue weighted by atomic mass is 9.99. The standard InChI is InChI=1S/C15H27N3OS/c1-10(2)18-15(6,9-19)7-8-20-14-16-12(4)11(3)13(5)17-14/h10,18-19H,7-9H2,1-6H3. The van der Waals surface area contributed by atoms with E-state index in [2.05, 4.69) is 43.0 Å². The zero-order valence-electron chi connectivity index (χ0n) is 13.4. The van der Waals surface area contributed by atoms with Crippen LogP contribution in [-0.4, -0.2) is 39.0 Å². The maximum absolute atomic E-state index is 9.55. The zero-order chi connectivity index (χ0) is 15.3. The summed E-state index contributed by atoms with van der Waals surface area (Å²) in [6.07, 6.45) is 0.877. The first-order valence-corrected chi connectivity index (χ1v) is 8.09. The first-order valence-electron chi connectivity index (χ1n) is 7.10. The molecule has 0 radical (unpaired) electrons. The van der Waals surface area contributed by atoms with Crippen LogP contribution in [0.4, 0.5) is 0 Å². The third-order valence-corrected chi connectivity index (χ3v) is 4.33. The maximum atomic E-state index is 9.55. The molecule has 1 rings (SSSR count). The van der Waals surface area contributed by atoms with E-state index in [0.29, 0.717) is 6.04 Å². The first-order chi connectivity index (χ1) is 9.27. The molecule has 0 aromatic carbocycles. The van der Waals surface area contributed by atoms with Gasteiger partial charge in [0, 0.05) is 28.7 Å². The summed E-state index contributed by atoms with van der Waals surface area (Å²) in [4.78, 5) is 9.02. The van der Waals surface area contributed by atoms with Crippen molar-refractivity contribution in [2.24, 2.45) is 0 Å². The lowest BCUT2D eigenvalue weighted by molar-refractivity contribution is 0.162. The lowest BCUT2D eigenvalue weighted by Gasteiger charge is -2.31. The number of aryl methyl sites for hydroxylation is 2. The number of rotatable bonds is 7. The van der Waals surface area contributed by atoms with Crippen LogP contribution in [-0.2, 0) is 0 Å². The Morgan fingerprint density at radius 3 is 2.20 bits per heavy atom. The number of hydrogen-bond acceptors (Lipinski definition) is 5. The van der Waals surface area contributed by atoms with Crippen LogP contribution < -0.4 is 5.32 Å². The van der Waals surface area contributed by atoms with Gasteiger partial charge in [0.2, 0.25) is 0 Å². The molecule has 0 aliphatic carbocycles. The summed E-state index contributed by atoms with van der Waals surface area (Å²) >= 11 is 1.65. The Hall–Kier alpha value is -0.650. The van der Waals surface area contributed by atoms with Gasteiger partial charge in [0.25, 0.3) is 0 Å². The van der Waals surface area contributed by atoms with Gasteiger partial charge in [-0.3, -0.25) is 0 Å². The third-order valence-electron chi connectivity index (χ3n) is 3.48. The molecule has 0 saturated heterocycles. The van der Waals surface area contributed by atoms with Crippen molar-refractivity contribution in [3.8, 4) is 0 Å². The van der Waals surface area contributed by atoms with Gasteiger partial charge in [-0.2, -0.15) is 0 Å². The predicted octanol–water partition coefficient (Wildman–Crippen LogP) is 2.63. The molecule has 1 unspecified atom stereocenters. The number of aliphatic hydroxyl groups excluding tert-OH is 1. The molecule has 0 aliphatic rings. The minimum absolute atomic E-state index is 0.137. The van der Waals surface area contributed by atoms with Gasteiger partial charge in [0.05, 0.1) is 6.61 Å². The van der Waals surface area contributed by atoms with Crippen molar-refractivity contribution in [3.05, 3.63) is 17.0 Å². The van der Waals surface area contributed by atoms with E-state index in [-0.39, 0.29) is 12.1 Å². The second-order valence-electron chi connectivity index (χ2n) is 5.92. The monoisotopic (exact) mass is 297 g/mol. The molecule has 1 aromatic heterocycles. The molecule has 0 bridgehead atoms. The molecule has 0 fully saturated rings. The molecule has 4 nitrogen and oxygen atoms in total. The average molecular weight is 297 g/mol. The van der Waals surface area contributed by atoms with E-state index in [1.54, 1.807) is 11.8 Å². The van der Waals surface area contributed by atoms with Gasteiger partial charge in [-0.25, -0.2) is 9.97 Å². The summed E-state index contributed by atoms with van der Waals surface area (Å²) in [7, 11) is 0. The van der Waals surface area contributed by atoms with Crippen molar-refractivity contribution in [1.29, 1.82) is 0 Å². The van der Waals surface area contributed by atoms with Crippen LogP contribution in [0, 0.1) is 20.8 Å². The molecule has 0 saturated carbocycles. The molecular weight excluding hydrogens is 270 g/mol. The highest BCUT2D eigenvalue weighted by atomic mass is 32.2. The van der Waals surface area contributed by atoms with Crippen LogP contribution in [0.2, 0.25) is 0 Å². The van der Waals surface area contributed by atoms with Gasteiger partial charge in [-0.05, 0) is 39.7 Å². The van der Waals surface area contributed by atoms with E-state index in [9.17, 15) is 5.11 Å². The summed E-state index contributed by atoms with van der Waals surface area (Å²) in [6.45, 7) is 12.5. The second-order valence-corrected chi connectivity index (χ2v) is 6.98. The Balaban J connectivity index is 2.59. The molecule has 20 heavy (non-hydrogen) atoms. The van der Waals surface area contributed by atoms with Crippen LogP contribution in [0.3, 0.4) is 0 Å². The maximum Gasteiger partial charge on any atom is 0.187 e. The van der Waals surface area contributed by atoms with Gasteiger partial charge in [-0.15, -0.1) is 0 Å². The molecule has 1 atom stereocenters. The zero-order valence-corrected chi connectivity index (χ0v) is 14.3. The molecule has 5 heteroatoms. The minimum Gasteiger partial charge on any atom is -0.394 e. The number of nitrogens with one attached hydrogen (secondary N) is 1. The average Bonchev–Trinajstić information content (AvgIpc) is 2.35. The van der Waals surface area contributed by atoms with Crippen LogP contribution >= 0.6 is 11.8 Å². The Kier molecular flexibility index (Phi) is 6.43. The van der Waals surface area contributed by atoms with Crippen molar-refractivity contribution in [3.63, 3.8) is 0 Å². The van der Waals surface area contributed by atoms with Crippen LogP contribution in [0.1, 0.15) is 44.1 Å². The Morgan fingerprint density at radius 1 is 1.20 bits per heavy atom. The Labute approximate surface area is 126 Å². The fourth-order valence-electron chi connectivity index (χ4n) is 2.07. The third kappa shape index (κ3) is 5.04. The highest BCUT2D eigenvalue weighted by Gasteiger charge is 2.23. The summed E-state index contributed by atoms with van der Waals surface area (Å²) in [5, 5.41) is 13.8. The van der Waals surface area contributed by atoms with E-state index in [1.165, 1.54) is 0 Å². The smallest absolute Gasteiger partial charge is 0.187 e. The summed E-state index contributed by atoms with van der Waals surface area (Å²) in [6, 6.07) is 0.359.